The van der Waals surface area contributed by atoms with Crippen LogP contribution in [-0.2, 0) is 0 Å². The quantitative estimate of drug-likeness (QED) is 0.853. The molecule has 0 spiro atoms. The maximum Gasteiger partial charge on any atom is 0.166 e. The van der Waals surface area contributed by atoms with E-state index in [4.69, 9.17) is 0 Å². The summed E-state index contributed by atoms with van der Waals surface area (Å²) in [5.41, 5.74) is 3.14. The highest BCUT2D eigenvalue weighted by molar-refractivity contribution is 6.05. The summed E-state index contributed by atoms with van der Waals surface area (Å²) >= 11 is 0. The normalized spacial score (nSPS) is 12.3. The van der Waals surface area contributed by atoms with Gasteiger partial charge in [0, 0.05) is 12.6 Å². The van der Waals surface area contributed by atoms with E-state index in [-0.39, 0.29) is 11.2 Å². The smallest absolute Gasteiger partial charge is 0.166 e. The zero-order valence-corrected chi connectivity index (χ0v) is 12.9. The topological polar surface area (TPSA) is 58.6 Å². The molecular formula is C16H23N3O. The number of ketones is 1. The summed E-state index contributed by atoms with van der Waals surface area (Å²) in [7, 11) is 0. The number of nitrogens with zero attached hydrogens (tertiary/aromatic N) is 2. The molecule has 4 heteroatoms. The Kier molecular flexibility index (Phi) is 3.93. The molecule has 108 valence electrons. The van der Waals surface area contributed by atoms with Gasteiger partial charge in [-0.15, -0.1) is 0 Å². The molecule has 0 saturated heterocycles. The number of Topliss-reactive ketones (excluding diaryl/α,β-unsaturated/α-hetero) is 1. The number of nitrogens with one attached hydrogen (secondary N) is 1. The van der Waals surface area contributed by atoms with Crippen LogP contribution in [0.2, 0.25) is 0 Å². The summed E-state index contributed by atoms with van der Waals surface area (Å²) in [6, 6.07) is 0. The molecule has 0 aliphatic heterocycles. The molecule has 4 nitrogen and oxygen atoms in total. The number of hydrogen-bond acceptors (Lipinski definition) is 3. The Hall–Kier alpha value is -1.71. The van der Waals surface area contributed by atoms with E-state index in [1.165, 1.54) is 0 Å². The van der Waals surface area contributed by atoms with Crippen molar-refractivity contribution in [1.29, 1.82) is 0 Å². The average Bonchev–Trinajstić information content (AvgIpc) is 2.77. The maximum absolute atomic E-state index is 12.4. The molecule has 0 fully saturated rings. The molecule has 2 aromatic rings. The van der Waals surface area contributed by atoms with Gasteiger partial charge in [0.15, 0.2) is 11.4 Å². The van der Waals surface area contributed by atoms with Crippen molar-refractivity contribution in [3.05, 3.63) is 23.7 Å². The fraction of sp³-hybridized carbons (Fsp3) is 0.562. The van der Waals surface area contributed by atoms with Crippen LogP contribution in [0.15, 0.2) is 12.4 Å². The lowest BCUT2D eigenvalue weighted by Crippen LogP contribution is -2.09. The summed E-state index contributed by atoms with van der Waals surface area (Å²) in [5.74, 6) is 0.445. The van der Waals surface area contributed by atoms with Gasteiger partial charge in [0.2, 0.25) is 0 Å². The largest absolute Gasteiger partial charge is 0.344 e. The van der Waals surface area contributed by atoms with Crippen LogP contribution in [-0.4, -0.2) is 20.7 Å². The molecule has 2 rings (SSSR count). The lowest BCUT2D eigenvalue weighted by Gasteiger charge is -2.16. The summed E-state index contributed by atoms with van der Waals surface area (Å²) < 4.78 is 0. The van der Waals surface area contributed by atoms with Crippen molar-refractivity contribution < 1.29 is 4.79 Å². The molecule has 20 heavy (non-hydrogen) atoms. The van der Waals surface area contributed by atoms with Crippen molar-refractivity contribution in [3.8, 4) is 0 Å². The summed E-state index contributed by atoms with van der Waals surface area (Å²) in [4.78, 5) is 24.3. The Labute approximate surface area is 120 Å². The summed E-state index contributed by atoms with van der Waals surface area (Å²) in [6.07, 6.45) is 4.92. The van der Waals surface area contributed by atoms with Crippen LogP contribution in [0.4, 0.5) is 0 Å². The second-order valence-electron chi connectivity index (χ2n) is 6.83. The number of fused-ring (bicyclic) bond motifs is 1. The third-order valence-electron chi connectivity index (χ3n) is 3.39. The zero-order valence-electron chi connectivity index (χ0n) is 12.9. The van der Waals surface area contributed by atoms with Crippen LogP contribution in [0.3, 0.4) is 0 Å². The van der Waals surface area contributed by atoms with Gasteiger partial charge in [-0.3, -0.25) is 4.79 Å². The van der Waals surface area contributed by atoms with Gasteiger partial charge in [-0.1, -0.05) is 34.6 Å². The molecule has 0 bridgehead atoms. The van der Waals surface area contributed by atoms with Crippen molar-refractivity contribution >= 4 is 16.9 Å². The van der Waals surface area contributed by atoms with Crippen molar-refractivity contribution in [3.63, 3.8) is 0 Å². The predicted octanol–water partition coefficient (Wildman–Crippen LogP) is 4.09. The third kappa shape index (κ3) is 3.24. The lowest BCUT2D eigenvalue weighted by atomic mass is 9.89. The Morgan fingerprint density at radius 2 is 2.05 bits per heavy atom. The van der Waals surface area contributed by atoms with Crippen LogP contribution in [0.5, 0.6) is 0 Å². The summed E-state index contributed by atoms with van der Waals surface area (Å²) in [6.45, 7) is 10.6. The molecule has 0 amide bonds. The van der Waals surface area contributed by atoms with Crippen LogP contribution in [0.1, 0.15) is 69.4 Å². The minimum absolute atomic E-state index is 0.140. The second-order valence-corrected chi connectivity index (χ2v) is 6.83. The fourth-order valence-electron chi connectivity index (χ4n) is 2.02. The number of hydrogen-bond donors (Lipinski definition) is 1. The molecule has 0 unspecified atom stereocenters. The Balaban J connectivity index is 2.30. The van der Waals surface area contributed by atoms with E-state index in [2.05, 4.69) is 49.6 Å². The fourth-order valence-corrected chi connectivity index (χ4v) is 2.02. The van der Waals surface area contributed by atoms with E-state index in [0.29, 0.717) is 29.1 Å². The number of rotatable bonds is 4. The number of carbonyl (C=O) groups excluding carboxylic acids is 1. The van der Waals surface area contributed by atoms with E-state index < -0.39 is 0 Å². The SMILES string of the molecule is CC(C)c1cnc2[nH]cc(C(=O)CCC(C)(C)C)c2n1. The van der Waals surface area contributed by atoms with Crippen LogP contribution >= 0.6 is 0 Å². The first-order valence-corrected chi connectivity index (χ1v) is 7.15. The molecule has 0 aliphatic carbocycles. The molecule has 2 aromatic heterocycles. The van der Waals surface area contributed by atoms with Gasteiger partial charge in [-0.25, -0.2) is 9.97 Å². The highest BCUT2D eigenvalue weighted by Crippen LogP contribution is 2.24. The lowest BCUT2D eigenvalue weighted by molar-refractivity contribution is 0.0967. The Bertz CT molecular complexity index is 620. The highest BCUT2D eigenvalue weighted by atomic mass is 16.1. The van der Waals surface area contributed by atoms with E-state index >= 15 is 0 Å². The average molecular weight is 273 g/mol. The summed E-state index contributed by atoms with van der Waals surface area (Å²) in [5, 5.41) is 0. The highest BCUT2D eigenvalue weighted by Gasteiger charge is 2.18. The standard InChI is InChI=1S/C16H23N3O/c1-10(2)12-9-18-15-14(19-12)11(8-17-15)13(20)6-7-16(3,4)5/h8-10H,6-7H2,1-5H3,(H,17,18). The molecule has 2 heterocycles. The first kappa shape index (κ1) is 14.7. The van der Waals surface area contributed by atoms with Crippen molar-refractivity contribution in [2.45, 2.75) is 53.4 Å². The van der Waals surface area contributed by atoms with Gasteiger partial charge in [-0.05, 0) is 17.8 Å². The minimum Gasteiger partial charge on any atom is -0.344 e. The van der Waals surface area contributed by atoms with E-state index in [0.717, 1.165) is 12.1 Å². The van der Waals surface area contributed by atoms with Gasteiger partial charge in [0.1, 0.15) is 5.52 Å². The van der Waals surface area contributed by atoms with E-state index in [1.807, 2.05) is 0 Å². The first-order valence-electron chi connectivity index (χ1n) is 7.15. The van der Waals surface area contributed by atoms with Gasteiger partial charge >= 0.3 is 0 Å². The monoisotopic (exact) mass is 273 g/mol. The van der Waals surface area contributed by atoms with Crippen LogP contribution in [0, 0.1) is 5.41 Å². The molecule has 0 radical (unpaired) electrons. The van der Waals surface area contributed by atoms with Gasteiger partial charge in [-0.2, -0.15) is 0 Å². The maximum atomic E-state index is 12.4. The van der Waals surface area contributed by atoms with Gasteiger partial charge in [0.05, 0.1) is 17.5 Å². The second kappa shape index (κ2) is 5.35. The van der Waals surface area contributed by atoms with E-state index in [1.54, 1.807) is 12.4 Å². The Morgan fingerprint density at radius 3 is 2.65 bits per heavy atom. The molecule has 0 atom stereocenters. The van der Waals surface area contributed by atoms with Crippen molar-refractivity contribution in [1.82, 2.24) is 15.0 Å². The predicted molar refractivity (Wildman–Crippen MR) is 81.0 cm³/mol. The molecule has 0 saturated carbocycles. The Morgan fingerprint density at radius 1 is 1.35 bits per heavy atom. The van der Waals surface area contributed by atoms with Crippen molar-refractivity contribution in [2.24, 2.45) is 5.41 Å². The third-order valence-corrected chi connectivity index (χ3v) is 3.39. The molecule has 0 aliphatic rings. The number of aromatic amines is 1. The molecule has 1 N–H and O–H groups in total. The number of H-pyrrole nitrogens is 1. The number of carbonyl (C=O) groups is 1. The van der Waals surface area contributed by atoms with Gasteiger partial charge < -0.3 is 4.98 Å². The van der Waals surface area contributed by atoms with Crippen molar-refractivity contribution in [2.75, 3.05) is 0 Å². The molecule has 0 aromatic carbocycles. The molecular weight excluding hydrogens is 250 g/mol. The first-order chi connectivity index (χ1) is 9.28. The van der Waals surface area contributed by atoms with E-state index in [9.17, 15) is 4.79 Å². The zero-order chi connectivity index (χ0) is 14.9. The number of aromatic nitrogens is 3. The van der Waals surface area contributed by atoms with Gasteiger partial charge in [0.25, 0.3) is 0 Å². The van der Waals surface area contributed by atoms with Crippen LogP contribution < -0.4 is 0 Å². The minimum atomic E-state index is 0.140. The van der Waals surface area contributed by atoms with Crippen LogP contribution in [0.25, 0.3) is 11.2 Å².